The third-order valence-corrected chi connectivity index (χ3v) is 6.49. The maximum atomic E-state index is 12.8. The number of hydrogen-bond acceptors (Lipinski definition) is 4. The molecule has 0 amide bonds. The standard InChI is InChI=1S/C18H24N2O4S2/c1-4-14-8-10-15(11-9-14)18(13(2)3)20-26(23,24)17-7-5-6-16(12-17)25(19,21)22/h5-13,18,20H,4H2,1-3H3,(H2,19,21,22). The number of hydrogen-bond donors (Lipinski definition) is 2. The molecule has 0 radical (unpaired) electrons. The Morgan fingerprint density at radius 3 is 2.04 bits per heavy atom. The van der Waals surface area contributed by atoms with Crippen LogP contribution in [0.25, 0.3) is 0 Å². The van der Waals surface area contributed by atoms with E-state index in [2.05, 4.69) is 11.6 Å². The first kappa shape index (κ1) is 20.6. The van der Waals surface area contributed by atoms with Crippen molar-refractivity contribution in [3.05, 3.63) is 59.7 Å². The van der Waals surface area contributed by atoms with Gasteiger partial charge in [0.2, 0.25) is 20.0 Å². The van der Waals surface area contributed by atoms with Gasteiger partial charge in [0.05, 0.1) is 9.79 Å². The van der Waals surface area contributed by atoms with Gasteiger partial charge in [-0.2, -0.15) is 0 Å². The van der Waals surface area contributed by atoms with Crippen molar-refractivity contribution >= 4 is 20.0 Å². The second-order valence-corrected chi connectivity index (χ2v) is 9.73. The maximum absolute atomic E-state index is 12.8. The molecule has 0 aliphatic rings. The molecule has 3 N–H and O–H groups in total. The molecule has 0 aromatic heterocycles. The van der Waals surface area contributed by atoms with E-state index in [0.717, 1.165) is 18.1 Å². The summed E-state index contributed by atoms with van der Waals surface area (Å²) in [7, 11) is -7.90. The van der Waals surface area contributed by atoms with Crippen molar-refractivity contribution in [3.8, 4) is 0 Å². The van der Waals surface area contributed by atoms with E-state index in [9.17, 15) is 16.8 Å². The van der Waals surface area contributed by atoms with E-state index in [1.807, 2.05) is 38.1 Å². The monoisotopic (exact) mass is 396 g/mol. The number of primary sulfonamides is 1. The second kappa shape index (κ2) is 7.87. The van der Waals surface area contributed by atoms with Gasteiger partial charge in [-0.05, 0) is 41.7 Å². The molecule has 0 aliphatic carbocycles. The SMILES string of the molecule is CCc1ccc(C(NS(=O)(=O)c2cccc(S(N)(=O)=O)c2)C(C)C)cc1. The minimum absolute atomic E-state index is 0.00123. The van der Waals surface area contributed by atoms with E-state index in [1.54, 1.807) is 0 Å². The van der Waals surface area contributed by atoms with Crippen molar-refractivity contribution in [1.82, 2.24) is 4.72 Å². The molecule has 2 aromatic carbocycles. The summed E-state index contributed by atoms with van der Waals surface area (Å²) in [5.74, 6) is -0.00123. The maximum Gasteiger partial charge on any atom is 0.241 e. The summed E-state index contributed by atoms with van der Waals surface area (Å²) in [6.07, 6.45) is 0.901. The first-order chi connectivity index (χ1) is 12.0. The summed E-state index contributed by atoms with van der Waals surface area (Å²) in [5, 5.41) is 5.09. The largest absolute Gasteiger partial charge is 0.241 e. The smallest absolute Gasteiger partial charge is 0.225 e. The fraction of sp³-hybridized carbons (Fsp3) is 0.333. The fourth-order valence-electron chi connectivity index (χ4n) is 2.60. The van der Waals surface area contributed by atoms with E-state index >= 15 is 0 Å². The fourth-order valence-corrected chi connectivity index (χ4v) is 4.66. The summed E-state index contributed by atoms with van der Waals surface area (Å²) >= 11 is 0. The summed E-state index contributed by atoms with van der Waals surface area (Å²) in [4.78, 5) is -0.381. The zero-order valence-electron chi connectivity index (χ0n) is 15.0. The quantitative estimate of drug-likeness (QED) is 0.750. The van der Waals surface area contributed by atoms with Crippen molar-refractivity contribution in [3.63, 3.8) is 0 Å². The van der Waals surface area contributed by atoms with Crippen LogP contribution in [0.2, 0.25) is 0 Å². The van der Waals surface area contributed by atoms with Gasteiger partial charge in [0.25, 0.3) is 0 Å². The topological polar surface area (TPSA) is 106 Å². The lowest BCUT2D eigenvalue weighted by molar-refractivity contribution is 0.463. The van der Waals surface area contributed by atoms with Crippen LogP contribution in [-0.4, -0.2) is 16.8 Å². The van der Waals surface area contributed by atoms with Crippen LogP contribution < -0.4 is 9.86 Å². The molecule has 142 valence electrons. The molecule has 2 aromatic rings. The van der Waals surface area contributed by atoms with Crippen molar-refractivity contribution in [2.45, 2.75) is 43.0 Å². The Balaban J connectivity index is 2.38. The van der Waals surface area contributed by atoms with Crippen LogP contribution in [0.5, 0.6) is 0 Å². The first-order valence-corrected chi connectivity index (χ1v) is 11.3. The molecule has 0 bridgehead atoms. The molecular weight excluding hydrogens is 372 g/mol. The Morgan fingerprint density at radius 2 is 1.54 bits per heavy atom. The Kier molecular flexibility index (Phi) is 6.23. The number of rotatable bonds is 7. The van der Waals surface area contributed by atoms with Crippen molar-refractivity contribution in [2.75, 3.05) is 0 Å². The van der Waals surface area contributed by atoms with Gasteiger partial charge in [0.15, 0.2) is 0 Å². The van der Waals surface area contributed by atoms with Gasteiger partial charge in [-0.3, -0.25) is 0 Å². The summed E-state index contributed by atoms with van der Waals surface area (Å²) in [5.41, 5.74) is 2.02. The molecule has 0 aliphatic heterocycles. The molecule has 0 heterocycles. The Hall–Kier alpha value is -1.74. The molecule has 1 atom stereocenters. The zero-order chi connectivity index (χ0) is 19.5. The van der Waals surface area contributed by atoms with E-state index in [1.165, 1.54) is 23.8 Å². The predicted octanol–water partition coefficient (Wildman–Crippen LogP) is 2.57. The third kappa shape index (κ3) is 4.91. The Bertz CT molecular complexity index is 967. The number of sulfonamides is 2. The molecular formula is C18H24N2O4S2. The molecule has 0 spiro atoms. The highest BCUT2D eigenvalue weighted by atomic mass is 32.2. The highest BCUT2D eigenvalue weighted by molar-refractivity contribution is 7.90. The van der Waals surface area contributed by atoms with Gasteiger partial charge < -0.3 is 0 Å². The molecule has 6 nitrogen and oxygen atoms in total. The van der Waals surface area contributed by atoms with Gasteiger partial charge in [-0.15, -0.1) is 0 Å². The minimum Gasteiger partial charge on any atom is -0.225 e. The van der Waals surface area contributed by atoms with Gasteiger partial charge in [0.1, 0.15) is 0 Å². The molecule has 0 saturated heterocycles. The molecule has 1 unspecified atom stereocenters. The lowest BCUT2D eigenvalue weighted by Crippen LogP contribution is -2.32. The average Bonchev–Trinajstić information content (AvgIpc) is 2.59. The van der Waals surface area contributed by atoms with Gasteiger partial charge >= 0.3 is 0 Å². The van der Waals surface area contributed by atoms with Crippen LogP contribution in [0.4, 0.5) is 0 Å². The van der Waals surface area contributed by atoms with Gasteiger partial charge in [-0.25, -0.2) is 26.7 Å². The average molecular weight is 397 g/mol. The van der Waals surface area contributed by atoms with Gasteiger partial charge in [0, 0.05) is 6.04 Å². The number of nitrogens with one attached hydrogen (secondary N) is 1. The second-order valence-electron chi connectivity index (χ2n) is 6.46. The van der Waals surface area contributed by atoms with Crippen LogP contribution in [0.15, 0.2) is 58.3 Å². The van der Waals surface area contributed by atoms with Crippen molar-refractivity contribution in [1.29, 1.82) is 0 Å². The highest BCUT2D eigenvalue weighted by Gasteiger charge is 2.25. The van der Waals surface area contributed by atoms with E-state index < -0.39 is 26.1 Å². The number of benzene rings is 2. The van der Waals surface area contributed by atoms with Crippen LogP contribution in [0.1, 0.15) is 37.9 Å². The van der Waals surface area contributed by atoms with E-state index in [0.29, 0.717) is 0 Å². The molecule has 0 saturated carbocycles. The van der Waals surface area contributed by atoms with Crippen LogP contribution >= 0.6 is 0 Å². The highest BCUT2D eigenvalue weighted by Crippen LogP contribution is 2.25. The van der Waals surface area contributed by atoms with Crippen LogP contribution in [0.3, 0.4) is 0 Å². The first-order valence-electron chi connectivity index (χ1n) is 8.28. The molecule has 2 rings (SSSR count). The molecule has 0 fully saturated rings. The lowest BCUT2D eigenvalue weighted by atomic mass is 9.96. The third-order valence-electron chi connectivity index (χ3n) is 4.14. The van der Waals surface area contributed by atoms with Crippen LogP contribution in [-0.2, 0) is 26.5 Å². The normalized spacial score (nSPS) is 13.7. The Labute approximate surface area is 155 Å². The number of nitrogens with two attached hydrogens (primary N) is 1. The van der Waals surface area contributed by atoms with Crippen molar-refractivity contribution in [2.24, 2.45) is 11.1 Å². The summed E-state index contributed by atoms with van der Waals surface area (Å²) in [6.45, 7) is 5.89. The zero-order valence-corrected chi connectivity index (χ0v) is 16.6. The number of aryl methyl sites for hydroxylation is 1. The Morgan fingerprint density at radius 1 is 0.962 bits per heavy atom. The molecule has 26 heavy (non-hydrogen) atoms. The molecule has 8 heteroatoms. The van der Waals surface area contributed by atoms with Crippen molar-refractivity contribution < 1.29 is 16.8 Å². The minimum atomic E-state index is -3.98. The van der Waals surface area contributed by atoms with E-state index in [-0.39, 0.29) is 15.7 Å². The predicted molar refractivity (Wildman–Crippen MR) is 102 cm³/mol. The summed E-state index contributed by atoms with van der Waals surface area (Å²) in [6, 6.07) is 12.3. The lowest BCUT2D eigenvalue weighted by Gasteiger charge is -2.23. The summed E-state index contributed by atoms with van der Waals surface area (Å²) < 4.78 is 51.2. The van der Waals surface area contributed by atoms with Crippen LogP contribution in [0, 0.1) is 5.92 Å². The van der Waals surface area contributed by atoms with Gasteiger partial charge in [-0.1, -0.05) is 51.1 Å². The van der Waals surface area contributed by atoms with E-state index in [4.69, 9.17) is 5.14 Å².